The summed E-state index contributed by atoms with van der Waals surface area (Å²) in [5.41, 5.74) is 20.4. The van der Waals surface area contributed by atoms with Gasteiger partial charge in [0, 0.05) is 44.9 Å². The number of phenols is 1. The summed E-state index contributed by atoms with van der Waals surface area (Å²) in [6.45, 7) is 12.8. The van der Waals surface area contributed by atoms with Crippen LogP contribution >= 0.6 is 0 Å². The van der Waals surface area contributed by atoms with Crippen LogP contribution in [0.1, 0.15) is 52.7 Å². The molecule has 0 aliphatic carbocycles. The van der Waals surface area contributed by atoms with Gasteiger partial charge in [-0.2, -0.15) is 0 Å². The summed E-state index contributed by atoms with van der Waals surface area (Å²) in [6.07, 6.45) is 0. The van der Waals surface area contributed by atoms with Crippen molar-refractivity contribution in [1.82, 2.24) is 9.55 Å². The van der Waals surface area contributed by atoms with Crippen LogP contribution in [0.2, 0.25) is 0 Å². The number of aromatic hydroxyl groups is 1. The second kappa shape index (κ2) is 9.91. The molecule has 0 aliphatic heterocycles. The van der Waals surface area contributed by atoms with Gasteiger partial charge in [-0.05, 0) is 59.4 Å². The zero-order valence-electron chi connectivity index (χ0n) is 24.2. The predicted molar refractivity (Wildman–Crippen MR) is 168 cm³/mol. The van der Waals surface area contributed by atoms with Gasteiger partial charge in [-0.1, -0.05) is 84.0 Å². The van der Waals surface area contributed by atoms with Crippen molar-refractivity contribution < 1.29 is 5.11 Å². The number of aromatic nitrogens is 2. The van der Waals surface area contributed by atoms with Gasteiger partial charge in [-0.15, -0.1) is 0 Å². The van der Waals surface area contributed by atoms with Gasteiger partial charge in [0.05, 0.1) is 11.4 Å². The number of benzene rings is 4. The first kappa shape index (κ1) is 27.1. The summed E-state index contributed by atoms with van der Waals surface area (Å²) in [6, 6.07) is 30.2. The fourth-order valence-corrected chi connectivity index (χ4v) is 5.10. The van der Waals surface area contributed by atoms with Crippen molar-refractivity contribution in [1.29, 1.82) is 0 Å². The zero-order chi connectivity index (χ0) is 28.8. The number of phenolic OH excluding ortho intramolecular Hbond substituents is 1. The highest BCUT2D eigenvalue weighted by atomic mass is 16.3. The molecule has 0 aliphatic rings. The van der Waals surface area contributed by atoms with Gasteiger partial charge in [0.15, 0.2) is 0 Å². The maximum absolute atomic E-state index is 11.4. The van der Waals surface area contributed by atoms with Crippen LogP contribution in [0.4, 0.5) is 11.4 Å². The van der Waals surface area contributed by atoms with Crippen LogP contribution in [0.3, 0.4) is 0 Å². The number of rotatable bonds is 4. The van der Waals surface area contributed by atoms with E-state index in [1.54, 1.807) is 0 Å². The van der Waals surface area contributed by atoms with Crippen LogP contribution in [-0.2, 0) is 10.8 Å². The Morgan fingerprint density at radius 3 is 1.57 bits per heavy atom. The van der Waals surface area contributed by atoms with Crippen LogP contribution in [-0.4, -0.2) is 14.7 Å². The standard InChI is InChI=1S/C35H38N4O/c1-34(2,3)28-20-24(21-29(32(28)40)35(4,5)6)33-38-30(22-12-16-25(36)17-13-22)31(23-14-18-26(37)19-15-23)39(33)27-10-8-7-9-11-27/h7-21,40H,36-37H2,1-6H3. The van der Waals surface area contributed by atoms with E-state index in [0.29, 0.717) is 17.1 Å². The van der Waals surface area contributed by atoms with Gasteiger partial charge in [-0.3, -0.25) is 4.57 Å². The quantitative estimate of drug-likeness (QED) is 0.204. The smallest absolute Gasteiger partial charge is 0.145 e. The molecular formula is C35H38N4O. The number of nitrogens with zero attached hydrogens (tertiary/aromatic N) is 2. The molecule has 5 N–H and O–H groups in total. The monoisotopic (exact) mass is 530 g/mol. The normalized spacial score (nSPS) is 12.1. The second-order valence-corrected chi connectivity index (χ2v) is 12.5. The van der Waals surface area contributed by atoms with Crippen molar-refractivity contribution in [3.63, 3.8) is 0 Å². The Labute approximate surface area is 237 Å². The fourth-order valence-electron chi connectivity index (χ4n) is 5.10. The molecule has 0 amide bonds. The van der Waals surface area contributed by atoms with Crippen LogP contribution < -0.4 is 11.5 Å². The Morgan fingerprint density at radius 1 is 0.625 bits per heavy atom. The highest BCUT2D eigenvalue weighted by Crippen LogP contribution is 2.44. The highest BCUT2D eigenvalue weighted by molar-refractivity contribution is 5.85. The topological polar surface area (TPSA) is 90.1 Å². The first-order chi connectivity index (χ1) is 18.8. The minimum absolute atomic E-state index is 0.274. The summed E-state index contributed by atoms with van der Waals surface area (Å²) < 4.78 is 2.21. The number of nitrogen functional groups attached to an aromatic ring is 2. The van der Waals surface area contributed by atoms with Crippen LogP contribution in [0.15, 0.2) is 91.0 Å². The average molecular weight is 531 g/mol. The van der Waals surface area contributed by atoms with Crippen LogP contribution in [0.25, 0.3) is 39.6 Å². The summed E-state index contributed by atoms with van der Waals surface area (Å²) in [4.78, 5) is 5.34. The van der Waals surface area contributed by atoms with E-state index in [2.05, 4.69) is 70.4 Å². The molecule has 1 heterocycles. The highest BCUT2D eigenvalue weighted by Gasteiger charge is 2.29. The first-order valence-corrected chi connectivity index (χ1v) is 13.6. The van der Waals surface area contributed by atoms with Gasteiger partial charge in [-0.25, -0.2) is 4.98 Å². The minimum atomic E-state index is -0.274. The van der Waals surface area contributed by atoms with Gasteiger partial charge >= 0.3 is 0 Å². The fraction of sp³-hybridized carbons (Fsp3) is 0.229. The molecule has 0 unspecified atom stereocenters. The number of anilines is 2. The van der Waals surface area contributed by atoms with Crippen molar-refractivity contribution in [3.05, 3.63) is 102 Å². The Morgan fingerprint density at radius 2 is 1.10 bits per heavy atom. The predicted octanol–water partition coefficient (Wildman–Crippen LogP) is 8.34. The summed E-state index contributed by atoms with van der Waals surface area (Å²) in [5.74, 6) is 1.14. The molecule has 204 valence electrons. The van der Waals surface area contributed by atoms with Gasteiger partial charge < -0.3 is 16.6 Å². The molecule has 0 radical (unpaired) electrons. The molecule has 0 fully saturated rings. The molecule has 4 aromatic carbocycles. The van der Waals surface area contributed by atoms with Crippen molar-refractivity contribution in [2.45, 2.75) is 52.4 Å². The van der Waals surface area contributed by atoms with E-state index in [0.717, 1.165) is 50.7 Å². The molecule has 5 heteroatoms. The SMILES string of the molecule is CC(C)(C)c1cc(-c2nc(-c3ccc(N)cc3)c(-c3ccc(N)cc3)n2-c2ccccc2)cc(C(C)(C)C)c1O. The Kier molecular flexibility index (Phi) is 6.70. The van der Waals surface area contributed by atoms with Gasteiger partial charge in [0.2, 0.25) is 0 Å². The molecule has 1 aromatic heterocycles. The molecule has 0 bridgehead atoms. The van der Waals surface area contributed by atoms with E-state index in [-0.39, 0.29) is 10.8 Å². The number of nitrogens with two attached hydrogens (primary N) is 2. The zero-order valence-corrected chi connectivity index (χ0v) is 24.2. The number of para-hydroxylation sites is 1. The van der Waals surface area contributed by atoms with Crippen LogP contribution in [0.5, 0.6) is 5.75 Å². The lowest BCUT2D eigenvalue weighted by Gasteiger charge is -2.28. The second-order valence-electron chi connectivity index (χ2n) is 12.5. The summed E-state index contributed by atoms with van der Waals surface area (Å²) >= 11 is 0. The number of imidazole rings is 1. The maximum Gasteiger partial charge on any atom is 0.145 e. The Bertz CT molecular complexity index is 1620. The summed E-state index contributed by atoms with van der Waals surface area (Å²) in [7, 11) is 0. The molecule has 40 heavy (non-hydrogen) atoms. The van der Waals surface area contributed by atoms with E-state index < -0.39 is 0 Å². The lowest BCUT2D eigenvalue weighted by atomic mass is 9.78. The average Bonchev–Trinajstić information content (AvgIpc) is 3.29. The van der Waals surface area contributed by atoms with Gasteiger partial charge in [0.25, 0.3) is 0 Å². The molecule has 5 aromatic rings. The number of hydrogen-bond donors (Lipinski definition) is 3. The van der Waals surface area contributed by atoms with E-state index in [4.69, 9.17) is 16.5 Å². The lowest BCUT2D eigenvalue weighted by molar-refractivity contribution is 0.423. The van der Waals surface area contributed by atoms with Crippen molar-refractivity contribution in [2.24, 2.45) is 0 Å². The van der Waals surface area contributed by atoms with Crippen molar-refractivity contribution >= 4 is 11.4 Å². The third kappa shape index (κ3) is 5.07. The van der Waals surface area contributed by atoms with E-state index >= 15 is 0 Å². The molecule has 0 atom stereocenters. The molecule has 0 saturated heterocycles. The third-order valence-corrected chi connectivity index (χ3v) is 7.24. The van der Waals surface area contributed by atoms with E-state index in [9.17, 15) is 5.11 Å². The Hall–Kier alpha value is -4.51. The van der Waals surface area contributed by atoms with E-state index in [1.165, 1.54) is 0 Å². The molecule has 0 spiro atoms. The van der Waals surface area contributed by atoms with E-state index in [1.807, 2.05) is 66.7 Å². The molecular weight excluding hydrogens is 492 g/mol. The third-order valence-electron chi connectivity index (χ3n) is 7.24. The van der Waals surface area contributed by atoms with Crippen molar-refractivity contribution in [3.8, 4) is 45.3 Å². The molecule has 5 rings (SSSR count). The summed E-state index contributed by atoms with van der Waals surface area (Å²) in [5, 5.41) is 11.4. The van der Waals surface area contributed by atoms with Gasteiger partial charge in [0.1, 0.15) is 11.6 Å². The minimum Gasteiger partial charge on any atom is -0.507 e. The number of hydrogen-bond acceptors (Lipinski definition) is 4. The molecule has 0 saturated carbocycles. The molecule has 5 nitrogen and oxygen atoms in total. The first-order valence-electron chi connectivity index (χ1n) is 13.6. The largest absolute Gasteiger partial charge is 0.507 e. The maximum atomic E-state index is 11.4. The van der Waals surface area contributed by atoms with Crippen molar-refractivity contribution in [2.75, 3.05) is 11.5 Å². The van der Waals surface area contributed by atoms with Crippen LogP contribution in [0, 0.1) is 0 Å². The Balaban J connectivity index is 1.93. The lowest BCUT2D eigenvalue weighted by Crippen LogP contribution is -2.17.